The van der Waals surface area contributed by atoms with Crippen LogP contribution < -0.4 is 0 Å². The van der Waals surface area contributed by atoms with Crippen molar-refractivity contribution < 1.29 is 22.0 Å². The minimum atomic E-state index is -5.43. The number of rotatable bonds is 6. The smallest absolute Gasteiger partial charge is 0.184 e. The highest BCUT2D eigenvalue weighted by Crippen LogP contribution is 2.44. The molecule has 0 saturated heterocycles. The van der Waals surface area contributed by atoms with E-state index in [9.17, 15) is 22.0 Å². The Bertz CT molecular complexity index is 154. The van der Waals surface area contributed by atoms with Gasteiger partial charge >= 0.3 is 11.4 Å². The molecule has 0 fully saturated rings. The predicted molar refractivity (Wildman–Crippen MR) is 47.6 cm³/mol. The molecule has 0 spiro atoms. The van der Waals surface area contributed by atoms with Crippen LogP contribution in [-0.2, 0) is 0 Å². The van der Waals surface area contributed by atoms with Crippen LogP contribution in [-0.4, -0.2) is 17.2 Å². The molecular formula is C8H13F5S. The summed E-state index contributed by atoms with van der Waals surface area (Å²) < 4.78 is 59.5. The van der Waals surface area contributed by atoms with Gasteiger partial charge in [-0.05, 0) is 12.2 Å². The van der Waals surface area contributed by atoms with Crippen LogP contribution in [0.5, 0.6) is 0 Å². The fourth-order valence-electron chi connectivity index (χ4n) is 0.811. The van der Waals surface area contributed by atoms with Crippen LogP contribution in [0.3, 0.4) is 0 Å². The molecule has 0 unspecified atom stereocenters. The van der Waals surface area contributed by atoms with Crippen molar-refractivity contribution in [3.63, 3.8) is 0 Å². The highest BCUT2D eigenvalue weighted by atomic mass is 32.2. The molecular weight excluding hydrogens is 223 g/mol. The number of unbranched alkanes of at least 4 members (excludes halogenated alkanes) is 3. The van der Waals surface area contributed by atoms with E-state index in [0.29, 0.717) is 12.8 Å². The van der Waals surface area contributed by atoms with Gasteiger partial charge < -0.3 is 0 Å². The molecule has 0 heterocycles. The van der Waals surface area contributed by atoms with Crippen LogP contribution in [0.1, 0.15) is 32.6 Å². The van der Waals surface area contributed by atoms with E-state index in [4.69, 9.17) is 0 Å². The topological polar surface area (TPSA) is 0 Å². The van der Waals surface area contributed by atoms with Gasteiger partial charge in [0.05, 0.1) is 0 Å². The van der Waals surface area contributed by atoms with Gasteiger partial charge in [0.15, 0.2) is 0 Å². The average Bonchev–Trinajstić information content (AvgIpc) is 2.02. The molecule has 6 heteroatoms. The third kappa shape index (κ3) is 5.02. The van der Waals surface area contributed by atoms with Crippen LogP contribution in [0.15, 0.2) is 0 Å². The molecule has 0 nitrogen and oxygen atoms in total. The monoisotopic (exact) mass is 236 g/mol. The van der Waals surface area contributed by atoms with Crippen LogP contribution >= 0.6 is 11.8 Å². The molecule has 86 valence electrons. The minimum Gasteiger partial charge on any atom is -0.184 e. The molecule has 0 aromatic carbocycles. The summed E-state index contributed by atoms with van der Waals surface area (Å²) in [7, 11) is 0. The van der Waals surface area contributed by atoms with E-state index in [0.717, 1.165) is 12.8 Å². The molecule has 0 radical (unpaired) electrons. The van der Waals surface area contributed by atoms with Gasteiger partial charge in [-0.15, -0.1) is 0 Å². The number of thioether (sulfide) groups is 1. The summed E-state index contributed by atoms with van der Waals surface area (Å²) in [4.78, 5) is 0. The number of halogens is 5. The van der Waals surface area contributed by atoms with Crippen LogP contribution in [0.4, 0.5) is 22.0 Å². The zero-order valence-electron chi connectivity index (χ0n) is 7.83. The van der Waals surface area contributed by atoms with Gasteiger partial charge in [0.2, 0.25) is 0 Å². The van der Waals surface area contributed by atoms with Gasteiger partial charge in [-0.1, -0.05) is 37.9 Å². The molecule has 14 heavy (non-hydrogen) atoms. The molecule has 0 aromatic heterocycles. The first-order valence-electron chi connectivity index (χ1n) is 4.39. The normalized spacial score (nSPS) is 13.3. The zero-order valence-corrected chi connectivity index (χ0v) is 8.65. The summed E-state index contributed by atoms with van der Waals surface area (Å²) in [6.07, 6.45) is -2.51. The van der Waals surface area contributed by atoms with E-state index >= 15 is 0 Å². The Morgan fingerprint density at radius 2 is 1.50 bits per heavy atom. The first-order chi connectivity index (χ1) is 6.31. The van der Waals surface area contributed by atoms with E-state index in [1.54, 1.807) is 0 Å². The van der Waals surface area contributed by atoms with Crippen LogP contribution in [0.25, 0.3) is 0 Å². The summed E-state index contributed by atoms with van der Waals surface area (Å²) in [6.45, 7) is 1.94. The van der Waals surface area contributed by atoms with Crippen molar-refractivity contribution in [2.45, 2.75) is 44.0 Å². The van der Waals surface area contributed by atoms with E-state index in [2.05, 4.69) is 0 Å². The van der Waals surface area contributed by atoms with Crippen molar-refractivity contribution in [2.75, 3.05) is 5.75 Å². The lowest BCUT2D eigenvalue weighted by molar-refractivity contribution is -0.237. The van der Waals surface area contributed by atoms with E-state index in [-0.39, 0.29) is 17.5 Å². The summed E-state index contributed by atoms with van der Waals surface area (Å²) in [6, 6.07) is 0. The molecule has 0 aliphatic carbocycles. The SMILES string of the molecule is CCCCCCSC(F)(F)C(F)(F)F. The first kappa shape index (κ1) is 14.0. The fourth-order valence-corrected chi connectivity index (χ4v) is 1.58. The van der Waals surface area contributed by atoms with Gasteiger partial charge in [0.1, 0.15) is 0 Å². The zero-order chi connectivity index (χ0) is 11.2. The van der Waals surface area contributed by atoms with E-state index in [1.807, 2.05) is 6.92 Å². The lowest BCUT2D eigenvalue weighted by atomic mass is 10.2. The quantitative estimate of drug-likeness (QED) is 0.485. The van der Waals surface area contributed by atoms with Gasteiger partial charge in [-0.3, -0.25) is 0 Å². The second kappa shape index (κ2) is 5.78. The fraction of sp³-hybridized carbons (Fsp3) is 1.00. The third-order valence-corrected chi connectivity index (χ3v) is 2.70. The third-order valence-electron chi connectivity index (χ3n) is 1.61. The van der Waals surface area contributed by atoms with Crippen molar-refractivity contribution in [3.8, 4) is 0 Å². The summed E-state index contributed by atoms with van der Waals surface area (Å²) in [5.41, 5.74) is 0. The Morgan fingerprint density at radius 3 is 1.93 bits per heavy atom. The molecule has 0 amide bonds. The maximum atomic E-state index is 12.3. The summed E-state index contributed by atoms with van der Waals surface area (Å²) in [5.74, 6) is -0.146. The highest BCUT2D eigenvalue weighted by Gasteiger charge is 2.57. The summed E-state index contributed by atoms with van der Waals surface area (Å²) >= 11 is -0.322. The first-order valence-corrected chi connectivity index (χ1v) is 5.38. The Labute approximate surface area is 84.2 Å². The highest BCUT2D eigenvalue weighted by molar-refractivity contribution is 8.00. The Hall–Kier alpha value is -0.0000000000000000555. The van der Waals surface area contributed by atoms with Crippen molar-refractivity contribution in [2.24, 2.45) is 0 Å². The standard InChI is InChI=1S/C8H13F5S/c1-2-3-4-5-6-14-8(12,13)7(9,10)11/h2-6H2,1H3. The largest absolute Gasteiger partial charge is 0.464 e. The molecule has 0 saturated carbocycles. The predicted octanol–water partition coefficient (Wildman–Crippen LogP) is 4.46. The summed E-state index contributed by atoms with van der Waals surface area (Å²) in [5, 5.41) is -4.60. The van der Waals surface area contributed by atoms with Crippen molar-refractivity contribution in [1.29, 1.82) is 0 Å². The Balaban J connectivity index is 3.67. The maximum Gasteiger partial charge on any atom is 0.464 e. The molecule has 0 bridgehead atoms. The van der Waals surface area contributed by atoms with E-state index in [1.165, 1.54) is 0 Å². The van der Waals surface area contributed by atoms with Gasteiger partial charge in [0, 0.05) is 0 Å². The lowest BCUT2D eigenvalue weighted by Gasteiger charge is -2.18. The van der Waals surface area contributed by atoms with Crippen molar-refractivity contribution >= 4 is 11.8 Å². The van der Waals surface area contributed by atoms with Gasteiger partial charge in [-0.25, -0.2) is 0 Å². The van der Waals surface area contributed by atoms with Gasteiger partial charge in [0.25, 0.3) is 0 Å². The lowest BCUT2D eigenvalue weighted by Crippen LogP contribution is -2.33. The molecule has 0 atom stereocenters. The number of hydrogen-bond acceptors (Lipinski definition) is 1. The number of alkyl halides is 5. The Kier molecular flexibility index (Phi) is 5.78. The Morgan fingerprint density at radius 1 is 0.929 bits per heavy atom. The van der Waals surface area contributed by atoms with E-state index < -0.39 is 11.4 Å². The molecule has 0 aliphatic rings. The minimum absolute atomic E-state index is 0.146. The molecule has 0 aromatic rings. The molecule has 0 aliphatic heterocycles. The second-order valence-corrected chi connectivity index (χ2v) is 4.13. The maximum absolute atomic E-state index is 12.3. The van der Waals surface area contributed by atoms with Crippen molar-refractivity contribution in [1.82, 2.24) is 0 Å². The van der Waals surface area contributed by atoms with Crippen LogP contribution in [0, 0.1) is 0 Å². The average molecular weight is 236 g/mol. The molecule has 0 rings (SSSR count). The second-order valence-electron chi connectivity index (χ2n) is 2.92. The molecule has 0 N–H and O–H groups in total. The van der Waals surface area contributed by atoms with Crippen molar-refractivity contribution in [3.05, 3.63) is 0 Å². The van der Waals surface area contributed by atoms with Gasteiger partial charge in [-0.2, -0.15) is 22.0 Å². The van der Waals surface area contributed by atoms with Crippen LogP contribution in [0.2, 0.25) is 0 Å². The number of hydrogen-bond donors (Lipinski definition) is 0.